The minimum atomic E-state index is -1.03. The Morgan fingerprint density at radius 3 is 2.76 bits per heavy atom. The minimum Gasteiger partial charge on any atom is -0.486 e. The molecule has 0 aliphatic heterocycles. The van der Waals surface area contributed by atoms with Crippen LogP contribution in [0.15, 0.2) is 22.7 Å². The van der Waals surface area contributed by atoms with Crippen molar-refractivity contribution in [3.8, 4) is 5.75 Å². The van der Waals surface area contributed by atoms with Gasteiger partial charge >= 0.3 is 5.97 Å². The minimum absolute atomic E-state index is 0.110. The SMILES string of the molecule is O=C(O)c1cccc(Br)c1OC1CCCC1O. The zero-order valence-corrected chi connectivity index (χ0v) is 10.7. The maximum absolute atomic E-state index is 11.1. The third-order valence-electron chi connectivity index (χ3n) is 2.88. The molecule has 4 nitrogen and oxygen atoms in total. The second-order valence-electron chi connectivity index (χ2n) is 4.08. The zero-order chi connectivity index (χ0) is 12.4. The third-order valence-corrected chi connectivity index (χ3v) is 3.51. The number of aromatic carboxylic acids is 1. The Morgan fingerprint density at radius 1 is 1.41 bits per heavy atom. The van der Waals surface area contributed by atoms with Gasteiger partial charge in [0, 0.05) is 0 Å². The summed E-state index contributed by atoms with van der Waals surface area (Å²) in [4.78, 5) is 11.1. The molecule has 2 unspecified atom stereocenters. The average molecular weight is 301 g/mol. The first-order valence-corrected chi connectivity index (χ1v) is 6.25. The molecule has 5 heteroatoms. The van der Waals surface area contributed by atoms with Gasteiger partial charge in [-0.15, -0.1) is 0 Å². The lowest BCUT2D eigenvalue weighted by Gasteiger charge is -2.19. The molecular weight excluding hydrogens is 288 g/mol. The van der Waals surface area contributed by atoms with Gasteiger partial charge in [-0.2, -0.15) is 0 Å². The number of hydrogen-bond donors (Lipinski definition) is 2. The predicted octanol–water partition coefficient (Wildman–Crippen LogP) is 2.44. The van der Waals surface area contributed by atoms with E-state index in [0.717, 1.165) is 12.8 Å². The Bertz CT molecular complexity index is 433. The second-order valence-corrected chi connectivity index (χ2v) is 4.93. The topological polar surface area (TPSA) is 66.8 Å². The molecule has 1 aromatic rings. The van der Waals surface area contributed by atoms with Crippen molar-refractivity contribution < 1.29 is 19.7 Å². The number of carboxylic acid groups (broad SMARTS) is 1. The molecular formula is C12H13BrO4. The van der Waals surface area contributed by atoms with E-state index < -0.39 is 12.1 Å². The van der Waals surface area contributed by atoms with Crippen molar-refractivity contribution in [1.29, 1.82) is 0 Å². The molecule has 0 heterocycles. The summed E-state index contributed by atoms with van der Waals surface area (Å²) in [6, 6.07) is 4.86. The van der Waals surface area contributed by atoms with Crippen molar-refractivity contribution in [2.24, 2.45) is 0 Å². The number of carboxylic acids is 1. The molecule has 0 spiro atoms. The molecule has 0 bridgehead atoms. The molecule has 0 radical (unpaired) electrons. The van der Waals surface area contributed by atoms with Gasteiger partial charge in [-0.3, -0.25) is 0 Å². The van der Waals surface area contributed by atoms with Crippen LogP contribution in [0.3, 0.4) is 0 Å². The van der Waals surface area contributed by atoms with E-state index in [0.29, 0.717) is 16.6 Å². The summed E-state index contributed by atoms with van der Waals surface area (Å²) in [6.45, 7) is 0. The molecule has 0 amide bonds. The number of aliphatic hydroxyl groups excluding tert-OH is 1. The van der Waals surface area contributed by atoms with Crippen molar-refractivity contribution in [2.75, 3.05) is 0 Å². The van der Waals surface area contributed by atoms with Gasteiger partial charge < -0.3 is 14.9 Å². The van der Waals surface area contributed by atoms with E-state index in [4.69, 9.17) is 9.84 Å². The van der Waals surface area contributed by atoms with Gasteiger partial charge in [0.2, 0.25) is 0 Å². The normalized spacial score (nSPS) is 23.6. The lowest BCUT2D eigenvalue weighted by Crippen LogP contribution is -2.26. The van der Waals surface area contributed by atoms with Crippen molar-refractivity contribution in [2.45, 2.75) is 31.5 Å². The molecule has 2 N–H and O–H groups in total. The summed E-state index contributed by atoms with van der Waals surface area (Å²) in [7, 11) is 0. The molecule has 0 saturated heterocycles. The molecule has 17 heavy (non-hydrogen) atoms. The van der Waals surface area contributed by atoms with E-state index in [9.17, 15) is 9.90 Å². The van der Waals surface area contributed by atoms with Crippen LogP contribution in [-0.2, 0) is 0 Å². The first-order valence-electron chi connectivity index (χ1n) is 5.46. The van der Waals surface area contributed by atoms with Crippen LogP contribution in [0, 0.1) is 0 Å². The lowest BCUT2D eigenvalue weighted by molar-refractivity contribution is 0.0556. The van der Waals surface area contributed by atoms with Crippen LogP contribution >= 0.6 is 15.9 Å². The van der Waals surface area contributed by atoms with Crippen molar-refractivity contribution in [3.05, 3.63) is 28.2 Å². The van der Waals surface area contributed by atoms with E-state index in [1.807, 2.05) is 0 Å². The standard InChI is InChI=1S/C12H13BrO4/c13-8-4-1-3-7(12(15)16)11(8)17-10-6-2-5-9(10)14/h1,3-4,9-10,14H,2,5-6H2,(H,15,16). The Balaban J connectivity index is 2.27. The highest BCUT2D eigenvalue weighted by molar-refractivity contribution is 9.10. The highest BCUT2D eigenvalue weighted by Crippen LogP contribution is 2.33. The molecule has 2 atom stereocenters. The van der Waals surface area contributed by atoms with Gasteiger partial charge in [-0.1, -0.05) is 6.07 Å². The monoisotopic (exact) mass is 300 g/mol. The second kappa shape index (κ2) is 5.06. The largest absolute Gasteiger partial charge is 0.486 e. The molecule has 1 fully saturated rings. The number of carbonyl (C=O) groups is 1. The van der Waals surface area contributed by atoms with E-state index in [-0.39, 0.29) is 11.7 Å². The number of rotatable bonds is 3. The van der Waals surface area contributed by atoms with Gasteiger partial charge in [0.1, 0.15) is 17.4 Å². The predicted molar refractivity (Wildman–Crippen MR) is 65.4 cm³/mol. The van der Waals surface area contributed by atoms with Gasteiger partial charge in [0.05, 0.1) is 10.6 Å². The van der Waals surface area contributed by atoms with E-state index >= 15 is 0 Å². The Hall–Kier alpha value is -1.07. The van der Waals surface area contributed by atoms with Gasteiger partial charge in [0.15, 0.2) is 0 Å². The zero-order valence-electron chi connectivity index (χ0n) is 9.10. The fourth-order valence-corrected chi connectivity index (χ4v) is 2.45. The summed E-state index contributed by atoms with van der Waals surface area (Å²) in [5.41, 5.74) is 0.110. The Labute approximate surface area is 107 Å². The van der Waals surface area contributed by atoms with Gasteiger partial charge in [-0.25, -0.2) is 4.79 Å². The third kappa shape index (κ3) is 2.61. The van der Waals surface area contributed by atoms with Crippen molar-refractivity contribution >= 4 is 21.9 Å². The first-order chi connectivity index (χ1) is 8.09. The van der Waals surface area contributed by atoms with E-state index in [1.54, 1.807) is 12.1 Å². The number of hydrogen-bond acceptors (Lipinski definition) is 3. The maximum Gasteiger partial charge on any atom is 0.339 e. The molecule has 2 rings (SSSR count). The van der Waals surface area contributed by atoms with Crippen molar-refractivity contribution in [1.82, 2.24) is 0 Å². The van der Waals surface area contributed by atoms with E-state index in [1.165, 1.54) is 6.07 Å². The number of para-hydroxylation sites is 1. The Kier molecular flexibility index (Phi) is 3.69. The molecule has 92 valence electrons. The highest BCUT2D eigenvalue weighted by Gasteiger charge is 2.29. The van der Waals surface area contributed by atoms with Crippen LogP contribution in [0.2, 0.25) is 0 Å². The number of benzene rings is 1. The van der Waals surface area contributed by atoms with Crippen LogP contribution in [0.5, 0.6) is 5.75 Å². The molecule has 1 aromatic carbocycles. The average Bonchev–Trinajstić information content (AvgIpc) is 2.67. The van der Waals surface area contributed by atoms with Crippen LogP contribution in [0.1, 0.15) is 29.6 Å². The summed E-state index contributed by atoms with van der Waals surface area (Å²) in [5.74, 6) is -0.736. The van der Waals surface area contributed by atoms with Crippen LogP contribution in [0.25, 0.3) is 0 Å². The molecule has 1 saturated carbocycles. The number of halogens is 1. The molecule has 1 aliphatic carbocycles. The fourth-order valence-electron chi connectivity index (χ4n) is 1.99. The Morgan fingerprint density at radius 2 is 2.18 bits per heavy atom. The van der Waals surface area contributed by atoms with Gasteiger partial charge in [0.25, 0.3) is 0 Å². The highest BCUT2D eigenvalue weighted by atomic mass is 79.9. The van der Waals surface area contributed by atoms with Crippen LogP contribution < -0.4 is 4.74 Å². The van der Waals surface area contributed by atoms with Crippen LogP contribution in [0.4, 0.5) is 0 Å². The van der Waals surface area contributed by atoms with Gasteiger partial charge in [-0.05, 0) is 47.3 Å². The summed E-state index contributed by atoms with van der Waals surface area (Å²) in [5, 5.41) is 18.7. The summed E-state index contributed by atoms with van der Waals surface area (Å²) < 4.78 is 6.23. The summed E-state index contributed by atoms with van der Waals surface area (Å²) in [6.07, 6.45) is 1.54. The number of ether oxygens (including phenoxy) is 1. The lowest BCUT2D eigenvalue weighted by atomic mass is 10.2. The first kappa shape index (κ1) is 12.4. The van der Waals surface area contributed by atoms with E-state index in [2.05, 4.69) is 15.9 Å². The van der Waals surface area contributed by atoms with Crippen molar-refractivity contribution in [3.63, 3.8) is 0 Å². The smallest absolute Gasteiger partial charge is 0.339 e. The quantitative estimate of drug-likeness (QED) is 0.900. The fraction of sp³-hybridized carbons (Fsp3) is 0.417. The maximum atomic E-state index is 11.1. The molecule has 0 aromatic heterocycles. The van der Waals surface area contributed by atoms with Crippen LogP contribution in [-0.4, -0.2) is 28.4 Å². The summed E-state index contributed by atoms with van der Waals surface area (Å²) >= 11 is 3.27. The number of aliphatic hydroxyl groups is 1. The molecule has 1 aliphatic rings.